The van der Waals surface area contributed by atoms with Gasteiger partial charge in [-0.1, -0.05) is 11.3 Å². The number of thiazole rings is 1. The van der Waals surface area contributed by atoms with Gasteiger partial charge in [-0.2, -0.15) is 0 Å². The van der Waals surface area contributed by atoms with Gasteiger partial charge in [0, 0.05) is 25.2 Å². The van der Waals surface area contributed by atoms with Gasteiger partial charge < -0.3 is 19.7 Å². The summed E-state index contributed by atoms with van der Waals surface area (Å²) in [5, 5.41) is 3.79. The number of ether oxygens (including phenoxy) is 2. The van der Waals surface area contributed by atoms with Gasteiger partial charge in [0.15, 0.2) is 5.13 Å². The van der Waals surface area contributed by atoms with Gasteiger partial charge in [-0.3, -0.25) is 9.59 Å². The molecule has 1 aliphatic heterocycles. The van der Waals surface area contributed by atoms with E-state index >= 15 is 0 Å². The van der Waals surface area contributed by atoms with Crippen molar-refractivity contribution in [2.75, 3.05) is 43.1 Å². The van der Waals surface area contributed by atoms with Crippen LogP contribution in [0.5, 0.6) is 0 Å². The van der Waals surface area contributed by atoms with E-state index in [2.05, 4.69) is 15.2 Å². The normalized spacial score (nSPS) is 14.5. The minimum Gasteiger partial charge on any atom is -0.466 e. The number of amides is 1. The molecule has 0 radical (unpaired) electrons. The minimum absolute atomic E-state index is 0.0870. The van der Waals surface area contributed by atoms with Gasteiger partial charge in [-0.15, -0.1) is 0 Å². The van der Waals surface area contributed by atoms with E-state index in [1.54, 1.807) is 18.3 Å². The van der Waals surface area contributed by atoms with E-state index in [4.69, 9.17) is 9.47 Å². The summed E-state index contributed by atoms with van der Waals surface area (Å²) in [6.07, 6.45) is 0.197. The highest BCUT2D eigenvalue weighted by molar-refractivity contribution is 7.22. The summed E-state index contributed by atoms with van der Waals surface area (Å²) in [7, 11) is 0. The number of esters is 1. The number of hydrogen-bond acceptors (Lipinski definition) is 7. The van der Waals surface area contributed by atoms with Crippen LogP contribution < -0.4 is 10.2 Å². The lowest BCUT2D eigenvalue weighted by molar-refractivity contribution is -0.144. The highest BCUT2D eigenvalue weighted by atomic mass is 32.1. The first-order valence-electron chi connectivity index (χ1n) is 8.34. The summed E-state index contributed by atoms with van der Waals surface area (Å²) in [5.41, 5.74) is 1.62. The number of rotatable bonds is 6. The predicted molar refractivity (Wildman–Crippen MR) is 97.1 cm³/mol. The molecule has 0 atom stereocenters. The second kappa shape index (κ2) is 8.26. The third-order valence-electron chi connectivity index (χ3n) is 3.80. The van der Waals surface area contributed by atoms with Crippen LogP contribution in [-0.4, -0.2) is 49.8 Å². The van der Waals surface area contributed by atoms with Crippen molar-refractivity contribution in [3.05, 3.63) is 18.2 Å². The van der Waals surface area contributed by atoms with Crippen molar-refractivity contribution < 1.29 is 19.1 Å². The van der Waals surface area contributed by atoms with Gasteiger partial charge in [-0.25, -0.2) is 4.98 Å². The van der Waals surface area contributed by atoms with Crippen molar-refractivity contribution in [3.8, 4) is 0 Å². The summed E-state index contributed by atoms with van der Waals surface area (Å²) < 4.78 is 11.2. The Labute approximate surface area is 149 Å². The van der Waals surface area contributed by atoms with Crippen molar-refractivity contribution in [3.63, 3.8) is 0 Å². The molecule has 0 unspecified atom stereocenters. The zero-order valence-electron chi connectivity index (χ0n) is 14.1. The maximum absolute atomic E-state index is 12.0. The first-order valence-corrected chi connectivity index (χ1v) is 9.16. The van der Waals surface area contributed by atoms with Crippen LogP contribution >= 0.6 is 11.3 Å². The van der Waals surface area contributed by atoms with Crippen LogP contribution in [0.15, 0.2) is 18.2 Å². The molecule has 1 amide bonds. The SMILES string of the molecule is CCOC(=O)CCC(=O)Nc1ccc2nc(N3CCOCC3)sc2c1. The summed E-state index contributed by atoms with van der Waals surface area (Å²) in [4.78, 5) is 30.1. The van der Waals surface area contributed by atoms with E-state index in [-0.39, 0.29) is 24.7 Å². The number of nitrogens with one attached hydrogen (secondary N) is 1. The number of morpholine rings is 1. The lowest BCUT2D eigenvalue weighted by Gasteiger charge is -2.25. The first-order chi connectivity index (χ1) is 12.2. The van der Waals surface area contributed by atoms with Crippen LogP contribution in [0.3, 0.4) is 0 Å². The topological polar surface area (TPSA) is 80.8 Å². The molecule has 0 bridgehead atoms. The van der Waals surface area contributed by atoms with E-state index < -0.39 is 0 Å². The standard InChI is InChI=1S/C17H21N3O4S/c1-2-24-16(22)6-5-15(21)18-12-3-4-13-14(11-12)25-17(19-13)20-7-9-23-10-8-20/h3-4,11H,2,5-10H2,1H3,(H,18,21). The largest absolute Gasteiger partial charge is 0.466 e. The molecule has 8 heteroatoms. The molecule has 25 heavy (non-hydrogen) atoms. The molecular weight excluding hydrogens is 342 g/mol. The zero-order chi connectivity index (χ0) is 17.6. The van der Waals surface area contributed by atoms with Crippen molar-refractivity contribution in [1.82, 2.24) is 4.98 Å². The molecule has 2 heterocycles. The summed E-state index contributed by atoms with van der Waals surface area (Å²) in [5.74, 6) is -0.559. The molecule has 1 aromatic heterocycles. The first kappa shape index (κ1) is 17.6. The van der Waals surface area contributed by atoms with E-state index in [1.165, 1.54) is 0 Å². The second-order valence-electron chi connectivity index (χ2n) is 5.63. The van der Waals surface area contributed by atoms with Gasteiger partial charge in [0.1, 0.15) is 0 Å². The van der Waals surface area contributed by atoms with Crippen LogP contribution in [0, 0.1) is 0 Å². The van der Waals surface area contributed by atoms with Gasteiger partial charge in [0.05, 0.1) is 36.5 Å². The van der Waals surface area contributed by atoms with E-state index in [1.807, 2.05) is 18.2 Å². The van der Waals surface area contributed by atoms with E-state index in [0.29, 0.717) is 12.3 Å². The second-order valence-corrected chi connectivity index (χ2v) is 6.64. The fourth-order valence-electron chi connectivity index (χ4n) is 2.55. The van der Waals surface area contributed by atoms with Crippen molar-refractivity contribution in [1.29, 1.82) is 0 Å². The smallest absolute Gasteiger partial charge is 0.306 e. The number of benzene rings is 1. The Balaban J connectivity index is 1.62. The third kappa shape index (κ3) is 4.67. The number of fused-ring (bicyclic) bond motifs is 1. The fourth-order valence-corrected chi connectivity index (χ4v) is 3.61. The van der Waals surface area contributed by atoms with Gasteiger partial charge in [0.2, 0.25) is 5.91 Å². The molecule has 1 fully saturated rings. The van der Waals surface area contributed by atoms with Crippen LogP contribution in [0.25, 0.3) is 10.2 Å². The molecule has 0 saturated carbocycles. The maximum Gasteiger partial charge on any atom is 0.306 e. The minimum atomic E-state index is -0.356. The van der Waals surface area contributed by atoms with E-state index in [9.17, 15) is 9.59 Å². The van der Waals surface area contributed by atoms with Crippen LogP contribution in [-0.2, 0) is 19.1 Å². The highest BCUT2D eigenvalue weighted by Gasteiger charge is 2.16. The average Bonchev–Trinajstić information content (AvgIpc) is 3.04. The highest BCUT2D eigenvalue weighted by Crippen LogP contribution is 2.31. The molecule has 0 aliphatic carbocycles. The molecule has 1 N–H and O–H groups in total. The average molecular weight is 363 g/mol. The fraction of sp³-hybridized carbons (Fsp3) is 0.471. The maximum atomic E-state index is 12.0. The number of nitrogens with zero attached hydrogens (tertiary/aromatic N) is 2. The molecule has 1 aliphatic rings. The Kier molecular flexibility index (Phi) is 5.83. The summed E-state index contributed by atoms with van der Waals surface area (Å²) in [6.45, 7) is 5.20. The Morgan fingerprint density at radius 3 is 2.88 bits per heavy atom. The predicted octanol–water partition coefficient (Wildman–Crippen LogP) is 2.41. The van der Waals surface area contributed by atoms with Crippen LogP contribution in [0.4, 0.5) is 10.8 Å². The van der Waals surface area contributed by atoms with Crippen molar-refractivity contribution in [2.24, 2.45) is 0 Å². The monoisotopic (exact) mass is 363 g/mol. The molecular formula is C17H21N3O4S. The van der Waals surface area contributed by atoms with Crippen molar-refractivity contribution >= 4 is 44.2 Å². The number of anilines is 2. The molecule has 1 saturated heterocycles. The molecule has 134 valence electrons. The number of carbonyl (C=O) groups is 2. The lowest BCUT2D eigenvalue weighted by Crippen LogP contribution is -2.36. The Morgan fingerprint density at radius 1 is 1.32 bits per heavy atom. The summed E-state index contributed by atoms with van der Waals surface area (Å²) in [6, 6.07) is 5.64. The number of hydrogen-bond donors (Lipinski definition) is 1. The zero-order valence-corrected chi connectivity index (χ0v) is 14.9. The summed E-state index contributed by atoms with van der Waals surface area (Å²) >= 11 is 1.60. The molecule has 7 nitrogen and oxygen atoms in total. The van der Waals surface area contributed by atoms with Gasteiger partial charge >= 0.3 is 5.97 Å². The molecule has 3 rings (SSSR count). The lowest BCUT2D eigenvalue weighted by atomic mass is 10.2. The van der Waals surface area contributed by atoms with Crippen LogP contribution in [0.1, 0.15) is 19.8 Å². The van der Waals surface area contributed by atoms with Crippen molar-refractivity contribution in [2.45, 2.75) is 19.8 Å². The Hall–Kier alpha value is -2.19. The van der Waals surface area contributed by atoms with Gasteiger partial charge in [0.25, 0.3) is 0 Å². The quantitative estimate of drug-likeness (QED) is 0.794. The van der Waals surface area contributed by atoms with Gasteiger partial charge in [-0.05, 0) is 25.1 Å². The Bertz CT molecular complexity index is 755. The van der Waals surface area contributed by atoms with E-state index in [0.717, 1.165) is 41.7 Å². The Morgan fingerprint density at radius 2 is 2.12 bits per heavy atom. The molecule has 2 aromatic rings. The third-order valence-corrected chi connectivity index (χ3v) is 4.88. The molecule has 1 aromatic carbocycles. The van der Waals surface area contributed by atoms with Crippen LogP contribution in [0.2, 0.25) is 0 Å². The number of aromatic nitrogens is 1. The molecule has 0 spiro atoms. The number of carbonyl (C=O) groups excluding carboxylic acids is 2.